The van der Waals surface area contributed by atoms with Crippen LogP contribution in [0.4, 0.5) is 4.79 Å². The van der Waals surface area contributed by atoms with Crippen molar-refractivity contribution in [3.05, 3.63) is 71.8 Å². The van der Waals surface area contributed by atoms with Crippen LogP contribution >= 0.6 is 0 Å². The van der Waals surface area contributed by atoms with Crippen molar-refractivity contribution < 1.29 is 28.5 Å². The highest BCUT2D eigenvalue weighted by molar-refractivity contribution is 5.73. The SMILES string of the molecule is CC(=O)N[C@H]1[C@@H](OCOCc2ccccc2)[C@@H](NC(=O)OCc2ccccc2)[C@@H](C)O[C@H]1C. The molecule has 5 atom stereocenters. The van der Waals surface area contributed by atoms with Crippen LogP contribution in [0, 0.1) is 0 Å². The molecule has 0 aliphatic carbocycles. The second-order valence-corrected chi connectivity index (χ2v) is 8.09. The van der Waals surface area contributed by atoms with Gasteiger partial charge in [0, 0.05) is 6.92 Å². The predicted octanol–water partition coefficient (Wildman–Crippen LogP) is 3.15. The van der Waals surface area contributed by atoms with Crippen LogP contribution in [-0.4, -0.2) is 49.2 Å². The second-order valence-electron chi connectivity index (χ2n) is 8.09. The number of carbonyl (C=O) groups excluding carboxylic acids is 2. The van der Waals surface area contributed by atoms with Gasteiger partial charge in [0.05, 0.1) is 30.9 Å². The van der Waals surface area contributed by atoms with Crippen molar-refractivity contribution in [3.8, 4) is 0 Å². The molecule has 2 N–H and O–H groups in total. The van der Waals surface area contributed by atoms with Crippen LogP contribution in [0.5, 0.6) is 0 Å². The third-order valence-electron chi connectivity index (χ3n) is 5.47. The fourth-order valence-corrected chi connectivity index (χ4v) is 3.87. The first-order valence-electron chi connectivity index (χ1n) is 11.1. The molecule has 1 heterocycles. The van der Waals surface area contributed by atoms with Crippen LogP contribution in [0.2, 0.25) is 0 Å². The van der Waals surface area contributed by atoms with E-state index in [1.54, 1.807) is 0 Å². The van der Waals surface area contributed by atoms with Gasteiger partial charge in [0.25, 0.3) is 0 Å². The third-order valence-corrected chi connectivity index (χ3v) is 5.47. The molecule has 2 amide bonds. The van der Waals surface area contributed by atoms with E-state index in [2.05, 4.69) is 10.6 Å². The molecule has 0 spiro atoms. The Balaban J connectivity index is 1.63. The number of rotatable bonds is 9. The normalized spacial score (nSPS) is 24.6. The van der Waals surface area contributed by atoms with Crippen LogP contribution in [0.25, 0.3) is 0 Å². The Morgan fingerprint density at radius 2 is 1.39 bits per heavy atom. The van der Waals surface area contributed by atoms with Crippen molar-refractivity contribution in [2.45, 2.75) is 64.4 Å². The molecular weight excluding hydrogens is 424 g/mol. The molecule has 0 saturated carbocycles. The van der Waals surface area contributed by atoms with E-state index in [9.17, 15) is 9.59 Å². The standard InChI is InChI=1S/C25H32N2O6/c1-17-22(26-19(3)28)24(32-16-30-14-20-10-6-4-7-11-20)23(18(2)33-17)27-25(29)31-15-21-12-8-5-9-13-21/h4-13,17-18,22-24H,14-16H2,1-3H3,(H,26,28)(H,27,29)/t17-,18+,22+,23-,24+/m0/s1. The first-order valence-corrected chi connectivity index (χ1v) is 11.1. The number of alkyl carbamates (subject to hydrolysis) is 1. The minimum atomic E-state index is -0.589. The van der Waals surface area contributed by atoms with Gasteiger partial charge in [0.1, 0.15) is 19.5 Å². The molecule has 1 aliphatic heterocycles. The highest BCUT2D eigenvalue weighted by atomic mass is 16.7. The molecular formula is C25H32N2O6. The Labute approximate surface area is 194 Å². The summed E-state index contributed by atoms with van der Waals surface area (Å²) in [5, 5.41) is 5.74. The summed E-state index contributed by atoms with van der Waals surface area (Å²) in [7, 11) is 0. The molecule has 3 rings (SSSR count). The summed E-state index contributed by atoms with van der Waals surface area (Å²) in [6, 6.07) is 18.1. The number of ether oxygens (including phenoxy) is 4. The maximum atomic E-state index is 12.5. The zero-order valence-corrected chi connectivity index (χ0v) is 19.2. The molecule has 1 saturated heterocycles. The van der Waals surface area contributed by atoms with Gasteiger partial charge in [-0.25, -0.2) is 4.79 Å². The maximum absolute atomic E-state index is 12.5. The Bertz CT molecular complexity index is 879. The van der Waals surface area contributed by atoms with Crippen molar-refractivity contribution in [1.82, 2.24) is 10.6 Å². The largest absolute Gasteiger partial charge is 0.445 e. The molecule has 2 aromatic rings. The number of hydrogen-bond donors (Lipinski definition) is 2. The summed E-state index contributed by atoms with van der Waals surface area (Å²) in [4.78, 5) is 24.4. The number of hydrogen-bond acceptors (Lipinski definition) is 6. The molecule has 1 aliphatic rings. The lowest BCUT2D eigenvalue weighted by Gasteiger charge is -2.45. The summed E-state index contributed by atoms with van der Waals surface area (Å²) >= 11 is 0. The molecule has 0 unspecified atom stereocenters. The number of carbonyl (C=O) groups is 2. The molecule has 178 valence electrons. The van der Waals surface area contributed by atoms with Crippen LogP contribution in [0.15, 0.2) is 60.7 Å². The van der Waals surface area contributed by atoms with Crippen molar-refractivity contribution in [1.29, 1.82) is 0 Å². The van der Waals surface area contributed by atoms with Gasteiger partial charge in [-0.3, -0.25) is 4.79 Å². The van der Waals surface area contributed by atoms with E-state index >= 15 is 0 Å². The van der Waals surface area contributed by atoms with Gasteiger partial charge in [-0.15, -0.1) is 0 Å². The lowest BCUT2D eigenvalue weighted by Crippen LogP contribution is -2.67. The number of amides is 2. The summed E-state index contributed by atoms with van der Waals surface area (Å²) in [5.41, 5.74) is 1.90. The van der Waals surface area contributed by atoms with Crippen molar-refractivity contribution in [3.63, 3.8) is 0 Å². The average molecular weight is 457 g/mol. The van der Waals surface area contributed by atoms with Gasteiger partial charge >= 0.3 is 6.09 Å². The first kappa shape index (κ1) is 24.7. The molecule has 0 radical (unpaired) electrons. The molecule has 8 heteroatoms. The van der Waals surface area contributed by atoms with Gasteiger partial charge in [0.15, 0.2) is 0 Å². The van der Waals surface area contributed by atoms with E-state index in [0.29, 0.717) is 6.61 Å². The van der Waals surface area contributed by atoms with Crippen molar-refractivity contribution in [2.75, 3.05) is 6.79 Å². The zero-order chi connectivity index (χ0) is 23.6. The van der Waals surface area contributed by atoms with Crippen molar-refractivity contribution in [2.24, 2.45) is 0 Å². The quantitative estimate of drug-likeness (QED) is 0.445. The molecule has 1 fully saturated rings. The van der Waals surface area contributed by atoms with Gasteiger partial charge in [-0.05, 0) is 25.0 Å². The van der Waals surface area contributed by atoms with Gasteiger partial charge in [-0.2, -0.15) is 0 Å². The Morgan fingerprint density at radius 3 is 1.97 bits per heavy atom. The minimum Gasteiger partial charge on any atom is -0.445 e. The van der Waals surface area contributed by atoms with E-state index in [0.717, 1.165) is 11.1 Å². The molecule has 0 bridgehead atoms. The second kappa shape index (κ2) is 12.3. The fourth-order valence-electron chi connectivity index (χ4n) is 3.87. The van der Waals surface area contributed by atoms with Gasteiger partial charge in [0.2, 0.25) is 5.91 Å². The number of nitrogens with one attached hydrogen (secondary N) is 2. The van der Waals surface area contributed by atoms with Crippen LogP contribution < -0.4 is 10.6 Å². The van der Waals surface area contributed by atoms with Crippen molar-refractivity contribution >= 4 is 12.0 Å². The predicted molar refractivity (Wildman–Crippen MR) is 122 cm³/mol. The van der Waals surface area contributed by atoms with Crippen LogP contribution in [0.1, 0.15) is 31.9 Å². The lowest BCUT2D eigenvalue weighted by molar-refractivity contribution is -0.180. The summed E-state index contributed by atoms with van der Waals surface area (Å²) in [6.07, 6.45) is -1.85. The number of benzene rings is 2. The Hall–Kier alpha value is -2.94. The zero-order valence-electron chi connectivity index (χ0n) is 19.2. The fraction of sp³-hybridized carbons (Fsp3) is 0.440. The van der Waals surface area contributed by atoms with E-state index in [4.69, 9.17) is 18.9 Å². The first-order chi connectivity index (χ1) is 15.9. The van der Waals surface area contributed by atoms with E-state index in [1.165, 1.54) is 6.92 Å². The topological polar surface area (TPSA) is 95.1 Å². The Morgan fingerprint density at radius 1 is 0.848 bits per heavy atom. The van der Waals surface area contributed by atoms with E-state index < -0.39 is 24.3 Å². The highest BCUT2D eigenvalue weighted by Crippen LogP contribution is 2.24. The Kier molecular flexibility index (Phi) is 9.24. The summed E-state index contributed by atoms with van der Waals surface area (Å²) in [6.45, 7) is 5.67. The van der Waals surface area contributed by atoms with E-state index in [-0.39, 0.29) is 31.5 Å². The molecule has 0 aromatic heterocycles. The molecule has 33 heavy (non-hydrogen) atoms. The third kappa shape index (κ3) is 7.56. The minimum absolute atomic E-state index is 0.00761. The van der Waals surface area contributed by atoms with Gasteiger partial charge in [-0.1, -0.05) is 60.7 Å². The summed E-state index contributed by atoms with van der Waals surface area (Å²) < 4.78 is 23.1. The summed E-state index contributed by atoms with van der Waals surface area (Å²) in [5.74, 6) is -0.214. The molecule has 2 aromatic carbocycles. The molecule has 8 nitrogen and oxygen atoms in total. The van der Waals surface area contributed by atoms with Gasteiger partial charge < -0.3 is 29.6 Å². The van der Waals surface area contributed by atoms with Crippen LogP contribution in [-0.2, 0) is 37.0 Å². The monoisotopic (exact) mass is 456 g/mol. The lowest BCUT2D eigenvalue weighted by atomic mass is 9.91. The smallest absolute Gasteiger partial charge is 0.407 e. The highest BCUT2D eigenvalue weighted by Gasteiger charge is 2.44. The van der Waals surface area contributed by atoms with Crippen LogP contribution in [0.3, 0.4) is 0 Å². The van der Waals surface area contributed by atoms with E-state index in [1.807, 2.05) is 74.5 Å². The average Bonchev–Trinajstić information content (AvgIpc) is 2.81. The maximum Gasteiger partial charge on any atom is 0.407 e.